The topological polar surface area (TPSA) is 226 Å². The monoisotopic (exact) mass is 777 g/mol. The van der Waals surface area contributed by atoms with Crippen LogP contribution in [0.25, 0.3) is 0 Å². The molecule has 0 aromatic carbocycles. The summed E-state index contributed by atoms with van der Waals surface area (Å²) in [6.45, 7) is 3.61. The van der Waals surface area contributed by atoms with Crippen molar-refractivity contribution in [2.24, 2.45) is 0 Å². The number of amides is 1. The number of unbranched alkanes of at least 4 members (excludes halogenated alkanes) is 14. The maximum absolute atomic E-state index is 12.9. The van der Waals surface area contributed by atoms with Gasteiger partial charge in [-0.05, 0) is 51.4 Å². The first-order chi connectivity index (χ1) is 25.3. The Morgan fingerprint density at radius 1 is 0.660 bits per heavy atom. The lowest BCUT2D eigenvalue weighted by Gasteiger charge is -2.41. The average Bonchev–Trinajstić information content (AvgIpc) is 3.12. The normalized spacial score (nSPS) is 25.2. The van der Waals surface area contributed by atoms with Gasteiger partial charge in [-0.15, -0.1) is 0 Å². The van der Waals surface area contributed by atoms with E-state index in [1.807, 2.05) is 0 Å². The van der Waals surface area contributed by atoms with Gasteiger partial charge in [0.1, 0.15) is 36.6 Å². The number of hydrogen-bond acceptors (Lipinski definition) is 11. The number of phosphoric acid groups is 1. The van der Waals surface area contributed by atoms with Crippen LogP contribution in [0.1, 0.15) is 142 Å². The first-order valence-corrected chi connectivity index (χ1v) is 21.5. The van der Waals surface area contributed by atoms with Crippen LogP contribution in [-0.2, 0) is 18.4 Å². The molecular weight excluding hydrogens is 705 g/mol. The molecule has 1 amide bonds. The number of allylic oxidation sites excluding steroid dienone is 5. The molecule has 0 aliphatic heterocycles. The number of hydrogen-bond donors (Lipinski definition) is 9. The molecule has 0 bridgehead atoms. The molecule has 8 atom stereocenters. The quantitative estimate of drug-likeness (QED) is 0.0257. The van der Waals surface area contributed by atoms with Crippen LogP contribution in [0.5, 0.6) is 0 Å². The second-order valence-corrected chi connectivity index (χ2v) is 15.7. The number of phosphoric ester groups is 1. The molecule has 0 heterocycles. The first-order valence-electron chi connectivity index (χ1n) is 20.0. The Morgan fingerprint density at radius 3 is 1.72 bits per heavy atom. The summed E-state index contributed by atoms with van der Waals surface area (Å²) in [5.41, 5.74) is 0. The molecule has 1 saturated carbocycles. The fourth-order valence-electron chi connectivity index (χ4n) is 6.06. The highest BCUT2D eigenvalue weighted by molar-refractivity contribution is 7.47. The molecule has 1 aliphatic carbocycles. The molecule has 0 spiro atoms. The molecule has 53 heavy (non-hydrogen) atoms. The van der Waals surface area contributed by atoms with Crippen LogP contribution in [0.15, 0.2) is 36.5 Å². The molecule has 1 aliphatic rings. The van der Waals surface area contributed by atoms with E-state index in [2.05, 4.69) is 43.5 Å². The van der Waals surface area contributed by atoms with Crippen molar-refractivity contribution in [3.63, 3.8) is 0 Å². The summed E-state index contributed by atoms with van der Waals surface area (Å²) in [4.78, 5) is 23.2. The predicted octanol–water partition coefficient (Wildman–Crippen LogP) is 5.02. The molecule has 9 N–H and O–H groups in total. The van der Waals surface area contributed by atoms with Gasteiger partial charge >= 0.3 is 7.82 Å². The van der Waals surface area contributed by atoms with Gasteiger partial charge in [-0.25, -0.2) is 4.57 Å². The van der Waals surface area contributed by atoms with Gasteiger partial charge in [0, 0.05) is 0 Å². The van der Waals surface area contributed by atoms with Crippen molar-refractivity contribution in [2.45, 2.75) is 197 Å². The van der Waals surface area contributed by atoms with Crippen LogP contribution >= 0.6 is 7.82 Å². The van der Waals surface area contributed by atoms with Crippen LogP contribution in [-0.4, -0.2) is 108 Å². The zero-order chi connectivity index (χ0) is 39.5. The molecule has 1 rings (SSSR count). The van der Waals surface area contributed by atoms with Crippen LogP contribution in [0.4, 0.5) is 0 Å². The Bertz CT molecular complexity index is 1060. The van der Waals surface area contributed by atoms with Gasteiger partial charge in [-0.1, -0.05) is 121 Å². The molecule has 1 fully saturated rings. The number of aliphatic hydroxyl groups excluding tert-OH is 7. The lowest BCUT2D eigenvalue weighted by molar-refractivity contribution is -0.220. The average molecular weight is 778 g/mol. The fraction of sp³-hybridized carbons (Fsp3) is 0.821. The number of carbonyl (C=O) groups is 1. The van der Waals surface area contributed by atoms with E-state index in [1.54, 1.807) is 6.08 Å². The van der Waals surface area contributed by atoms with E-state index in [-0.39, 0.29) is 6.42 Å². The summed E-state index contributed by atoms with van der Waals surface area (Å²) in [6, 6.07) is -1.26. The number of rotatable bonds is 31. The van der Waals surface area contributed by atoms with E-state index in [1.165, 1.54) is 57.4 Å². The van der Waals surface area contributed by atoms with Crippen LogP contribution in [0.2, 0.25) is 0 Å². The van der Waals surface area contributed by atoms with Crippen molar-refractivity contribution in [3.05, 3.63) is 36.5 Å². The Balaban J connectivity index is 2.68. The Morgan fingerprint density at radius 2 is 1.13 bits per heavy atom. The number of nitrogens with one attached hydrogen (secondary N) is 1. The molecular formula is C39H72NO12P. The lowest BCUT2D eigenvalue weighted by atomic mass is 9.85. The SMILES string of the molecule is CCCC/C=C\CCCCC(O)CC(=O)NC(COP(=O)(O)OC1C(O)C(O)C(O)C(O)C1O)C(O)/C=C/CC/C=C/CCCCCCCCCCC. The summed E-state index contributed by atoms with van der Waals surface area (Å²) in [5, 5.41) is 73.9. The molecule has 310 valence electrons. The van der Waals surface area contributed by atoms with Gasteiger partial charge in [0.15, 0.2) is 0 Å². The first kappa shape index (κ1) is 49.5. The molecule has 0 saturated heterocycles. The summed E-state index contributed by atoms with van der Waals surface area (Å²) < 4.78 is 22.7. The molecule has 0 aromatic rings. The summed E-state index contributed by atoms with van der Waals surface area (Å²) in [7, 11) is -5.14. The summed E-state index contributed by atoms with van der Waals surface area (Å²) in [6.07, 6.45) is 17.0. The van der Waals surface area contributed by atoms with Gasteiger partial charge in [0.05, 0.1) is 31.3 Å². The third kappa shape index (κ3) is 22.6. The minimum atomic E-state index is -5.14. The highest BCUT2D eigenvalue weighted by atomic mass is 31.2. The number of aliphatic hydroxyl groups is 7. The molecule has 13 nitrogen and oxygen atoms in total. The van der Waals surface area contributed by atoms with Crippen molar-refractivity contribution < 1.29 is 59.0 Å². The van der Waals surface area contributed by atoms with E-state index in [9.17, 15) is 50.0 Å². The van der Waals surface area contributed by atoms with Crippen molar-refractivity contribution in [3.8, 4) is 0 Å². The van der Waals surface area contributed by atoms with E-state index in [0.29, 0.717) is 19.3 Å². The van der Waals surface area contributed by atoms with Gasteiger partial charge in [-0.3, -0.25) is 13.8 Å². The molecule has 8 unspecified atom stereocenters. The second-order valence-electron chi connectivity index (χ2n) is 14.3. The summed E-state index contributed by atoms with van der Waals surface area (Å²) in [5.74, 6) is -0.621. The van der Waals surface area contributed by atoms with Crippen LogP contribution < -0.4 is 5.32 Å². The van der Waals surface area contributed by atoms with E-state index in [0.717, 1.165) is 51.4 Å². The third-order valence-corrected chi connectivity index (χ3v) is 10.4. The van der Waals surface area contributed by atoms with Gasteiger partial charge in [0.25, 0.3) is 0 Å². The van der Waals surface area contributed by atoms with Crippen molar-refractivity contribution >= 4 is 13.7 Å². The van der Waals surface area contributed by atoms with Crippen LogP contribution in [0.3, 0.4) is 0 Å². The minimum absolute atomic E-state index is 0.269. The molecule has 14 heteroatoms. The van der Waals surface area contributed by atoms with Gasteiger partial charge in [0.2, 0.25) is 5.91 Å². The van der Waals surface area contributed by atoms with Crippen molar-refractivity contribution in [1.29, 1.82) is 0 Å². The maximum Gasteiger partial charge on any atom is 0.472 e. The highest BCUT2D eigenvalue weighted by Crippen LogP contribution is 2.47. The minimum Gasteiger partial charge on any atom is -0.393 e. The van der Waals surface area contributed by atoms with Gasteiger partial charge in [-0.2, -0.15) is 0 Å². The van der Waals surface area contributed by atoms with Gasteiger partial charge < -0.3 is 46.0 Å². The largest absolute Gasteiger partial charge is 0.472 e. The van der Waals surface area contributed by atoms with E-state index in [4.69, 9.17) is 9.05 Å². The number of carbonyl (C=O) groups excluding carboxylic acids is 1. The third-order valence-electron chi connectivity index (χ3n) is 9.45. The standard InChI is InChI=1S/C39H72NO12P/c1-3-5-7-9-11-13-14-15-16-17-18-19-21-23-25-27-32(42)31(40-33(43)28-30(41)26-24-22-20-12-10-8-6-4-2)29-51-53(49,50)52-39-37(47)35(45)34(44)36(46)38(39)48/h10,12,18-19,25,27,30-32,34-39,41-42,44-48H,3-9,11,13-17,20-24,26,28-29H2,1-2H3,(H,40,43)(H,49,50)/b12-10-,19-18+,27-25+. The van der Waals surface area contributed by atoms with E-state index >= 15 is 0 Å². The lowest BCUT2D eigenvalue weighted by Crippen LogP contribution is -2.64. The predicted molar refractivity (Wildman–Crippen MR) is 206 cm³/mol. The zero-order valence-corrected chi connectivity index (χ0v) is 33.1. The summed E-state index contributed by atoms with van der Waals surface area (Å²) >= 11 is 0. The smallest absolute Gasteiger partial charge is 0.393 e. The Kier molecular flexibility index (Phi) is 27.8. The molecule has 0 radical (unpaired) electrons. The fourth-order valence-corrected chi connectivity index (χ4v) is 7.03. The second kappa shape index (κ2) is 29.8. The zero-order valence-electron chi connectivity index (χ0n) is 32.2. The molecule has 0 aromatic heterocycles. The Hall–Kier alpha value is -1.48. The van der Waals surface area contributed by atoms with Crippen molar-refractivity contribution in [1.82, 2.24) is 5.32 Å². The Labute approximate surface area is 317 Å². The highest BCUT2D eigenvalue weighted by Gasteiger charge is 2.51. The maximum atomic E-state index is 12.9. The van der Waals surface area contributed by atoms with Crippen LogP contribution in [0, 0.1) is 0 Å². The van der Waals surface area contributed by atoms with Crippen molar-refractivity contribution in [2.75, 3.05) is 6.61 Å². The van der Waals surface area contributed by atoms with E-state index < -0.39 is 75.2 Å².